The highest BCUT2D eigenvalue weighted by molar-refractivity contribution is 4.89. The van der Waals surface area contributed by atoms with Crippen LogP contribution in [0.4, 0.5) is 13.2 Å². The van der Waals surface area contributed by atoms with Gasteiger partial charge >= 0.3 is 6.18 Å². The highest BCUT2D eigenvalue weighted by atomic mass is 19.4. The zero-order valence-corrected chi connectivity index (χ0v) is 13.0. The molecule has 0 aromatic rings. The summed E-state index contributed by atoms with van der Waals surface area (Å²) in [5.41, 5.74) is 6.22. The molecule has 124 valence electrons. The zero-order chi connectivity index (χ0) is 15.5. The van der Waals surface area contributed by atoms with Crippen molar-refractivity contribution in [1.82, 2.24) is 9.80 Å². The van der Waals surface area contributed by atoms with E-state index in [9.17, 15) is 13.2 Å². The minimum atomic E-state index is -4.08. The first kappa shape index (κ1) is 17.0. The smallest absolute Gasteiger partial charge is 0.330 e. The first-order valence-corrected chi connectivity index (χ1v) is 8.03. The third-order valence-corrected chi connectivity index (χ3v) is 5.19. The Labute approximate surface area is 125 Å². The average molecular weight is 307 g/mol. The van der Waals surface area contributed by atoms with Crippen LogP contribution < -0.4 is 5.73 Å². The lowest BCUT2D eigenvalue weighted by Crippen LogP contribution is -2.53. The topological polar surface area (TPSA) is 32.5 Å². The van der Waals surface area contributed by atoms with Gasteiger partial charge in [0.05, 0.1) is 6.54 Å². The van der Waals surface area contributed by atoms with Crippen molar-refractivity contribution in [3.63, 3.8) is 0 Å². The fraction of sp³-hybridized carbons (Fsp3) is 1.00. The minimum Gasteiger partial charge on any atom is -0.330 e. The molecule has 21 heavy (non-hydrogen) atoms. The Morgan fingerprint density at radius 3 is 2.05 bits per heavy atom. The van der Waals surface area contributed by atoms with Crippen molar-refractivity contribution in [2.24, 2.45) is 17.1 Å². The van der Waals surface area contributed by atoms with Crippen LogP contribution in [-0.4, -0.2) is 61.8 Å². The van der Waals surface area contributed by atoms with E-state index in [1.165, 1.54) is 17.7 Å². The first-order valence-electron chi connectivity index (χ1n) is 8.03. The highest BCUT2D eigenvalue weighted by Crippen LogP contribution is 2.38. The van der Waals surface area contributed by atoms with Gasteiger partial charge in [0.1, 0.15) is 0 Å². The molecule has 1 saturated heterocycles. The maximum Gasteiger partial charge on any atom is 0.401 e. The molecule has 0 amide bonds. The second-order valence-electron chi connectivity index (χ2n) is 7.05. The van der Waals surface area contributed by atoms with E-state index in [4.69, 9.17) is 5.73 Å². The predicted molar refractivity (Wildman–Crippen MR) is 78.1 cm³/mol. The predicted octanol–water partition coefficient (Wildman–Crippen LogP) is 2.32. The molecule has 0 unspecified atom stereocenters. The third-order valence-electron chi connectivity index (χ3n) is 5.19. The lowest BCUT2D eigenvalue weighted by atomic mass is 9.70. The maximum atomic E-state index is 12.4. The molecule has 0 spiro atoms. The SMILES string of the molecule is CC1CCC(CN)(CN2CCN(CC(F)(F)F)CC2)CC1. The Kier molecular flexibility index (Phi) is 5.54. The van der Waals surface area contributed by atoms with Crippen molar-refractivity contribution in [3.05, 3.63) is 0 Å². The molecular weight excluding hydrogens is 279 g/mol. The quantitative estimate of drug-likeness (QED) is 0.865. The van der Waals surface area contributed by atoms with Crippen LogP contribution in [0.1, 0.15) is 32.6 Å². The van der Waals surface area contributed by atoms with Gasteiger partial charge in [0, 0.05) is 32.7 Å². The molecule has 1 aliphatic carbocycles. The van der Waals surface area contributed by atoms with E-state index in [-0.39, 0.29) is 5.41 Å². The standard InChI is InChI=1S/C15H28F3N3/c1-13-2-4-14(10-19,5-3-13)11-20-6-8-21(9-7-20)12-15(16,17)18/h13H,2-12,19H2,1H3. The van der Waals surface area contributed by atoms with Crippen molar-refractivity contribution in [2.45, 2.75) is 38.8 Å². The Balaban J connectivity index is 1.79. The second-order valence-corrected chi connectivity index (χ2v) is 7.05. The van der Waals surface area contributed by atoms with Crippen molar-refractivity contribution in [3.8, 4) is 0 Å². The Morgan fingerprint density at radius 2 is 1.57 bits per heavy atom. The van der Waals surface area contributed by atoms with Crippen LogP contribution in [-0.2, 0) is 0 Å². The Morgan fingerprint density at radius 1 is 1.05 bits per heavy atom. The zero-order valence-electron chi connectivity index (χ0n) is 13.0. The van der Waals surface area contributed by atoms with Gasteiger partial charge in [0.2, 0.25) is 0 Å². The van der Waals surface area contributed by atoms with Crippen LogP contribution >= 0.6 is 0 Å². The number of nitrogens with two attached hydrogens (primary N) is 1. The van der Waals surface area contributed by atoms with E-state index in [0.29, 0.717) is 19.6 Å². The van der Waals surface area contributed by atoms with Crippen molar-refractivity contribution in [1.29, 1.82) is 0 Å². The number of nitrogens with zero attached hydrogens (tertiary/aromatic N) is 2. The normalized spacial score (nSPS) is 33.3. The maximum absolute atomic E-state index is 12.4. The lowest BCUT2D eigenvalue weighted by Gasteiger charge is -2.44. The van der Waals surface area contributed by atoms with Gasteiger partial charge in [-0.1, -0.05) is 19.8 Å². The molecule has 0 atom stereocenters. The summed E-state index contributed by atoms with van der Waals surface area (Å²) in [6, 6.07) is 0. The molecule has 1 saturated carbocycles. The summed E-state index contributed by atoms with van der Waals surface area (Å²) in [5.74, 6) is 0.785. The van der Waals surface area contributed by atoms with Gasteiger partial charge in [-0.15, -0.1) is 0 Å². The molecular formula is C15H28F3N3. The number of hydrogen-bond acceptors (Lipinski definition) is 3. The van der Waals surface area contributed by atoms with Crippen molar-refractivity contribution < 1.29 is 13.2 Å². The Bertz CT molecular complexity index is 317. The van der Waals surface area contributed by atoms with E-state index >= 15 is 0 Å². The molecule has 0 bridgehead atoms. The van der Waals surface area contributed by atoms with Gasteiger partial charge in [0.25, 0.3) is 0 Å². The van der Waals surface area contributed by atoms with E-state index < -0.39 is 12.7 Å². The molecule has 0 radical (unpaired) electrons. The molecule has 2 rings (SSSR count). The molecule has 1 heterocycles. The lowest BCUT2D eigenvalue weighted by molar-refractivity contribution is -0.149. The number of hydrogen-bond donors (Lipinski definition) is 1. The van der Waals surface area contributed by atoms with E-state index in [1.54, 1.807) is 0 Å². The van der Waals surface area contributed by atoms with Gasteiger partial charge < -0.3 is 10.6 Å². The summed E-state index contributed by atoms with van der Waals surface area (Å²) in [4.78, 5) is 3.82. The van der Waals surface area contributed by atoms with Crippen molar-refractivity contribution >= 4 is 0 Å². The van der Waals surface area contributed by atoms with E-state index in [1.807, 2.05) is 0 Å². The van der Waals surface area contributed by atoms with Crippen LogP contribution in [0.2, 0.25) is 0 Å². The highest BCUT2D eigenvalue weighted by Gasteiger charge is 2.36. The van der Waals surface area contributed by atoms with Gasteiger partial charge in [-0.3, -0.25) is 4.90 Å². The van der Waals surface area contributed by atoms with E-state index in [0.717, 1.165) is 38.4 Å². The number of piperazine rings is 1. The molecule has 1 aliphatic heterocycles. The summed E-state index contributed by atoms with van der Waals surface area (Å²) in [7, 11) is 0. The largest absolute Gasteiger partial charge is 0.401 e. The molecule has 0 aromatic heterocycles. The second kappa shape index (κ2) is 6.84. The van der Waals surface area contributed by atoms with Crippen LogP contribution in [0.25, 0.3) is 0 Å². The fourth-order valence-corrected chi connectivity index (χ4v) is 3.63. The van der Waals surface area contributed by atoms with Crippen LogP contribution in [0.5, 0.6) is 0 Å². The third kappa shape index (κ3) is 5.11. The molecule has 6 heteroatoms. The first-order chi connectivity index (χ1) is 9.82. The molecule has 3 nitrogen and oxygen atoms in total. The van der Waals surface area contributed by atoms with E-state index in [2.05, 4.69) is 11.8 Å². The Hall–Kier alpha value is -0.330. The minimum absolute atomic E-state index is 0.193. The van der Waals surface area contributed by atoms with Crippen LogP contribution in [0.3, 0.4) is 0 Å². The number of rotatable bonds is 4. The number of halogens is 3. The average Bonchev–Trinajstić information content (AvgIpc) is 2.42. The summed E-state index contributed by atoms with van der Waals surface area (Å²) < 4.78 is 37.2. The molecule has 2 N–H and O–H groups in total. The van der Waals surface area contributed by atoms with Gasteiger partial charge in [-0.25, -0.2) is 0 Å². The summed E-state index contributed by atoms with van der Waals surface area (Å²) in [6.07, 6.45) is 0.692. The monoisotopic (exact) mass is 307 g/mol. The van der Waals surface area contributed by atoms with Crippen molar-refractivity contribution in [2.75, 3.05) is 45.8 Å². The summed E-state index contributed by atoms with van der Waals surface area (Å²) in [5, 5.41) is 0. The van der Waals surface area contributed by atoms with Gasteiger partial charge in [0.15, 0.2) is 0 Å². The number of alkyl halides is 3. The summed E-state index contributed by atoms with van der Waals surface area (Å²) >= 11 is 0. The fourth-order valence-electron chi connectivity index (χ4n) is 3.63. The molecule has 2 fully saturated rings. The van der Waals surface area contributed by atoms with Gasteiger partial charge in [-0.2, -0.15) is 13.2 Å². The van der Waals surface area contributed by atoms with Gasteiger partial charge in [-0.05, 0) is 30.7 Å². The molecule has 0 aromatic carbocycles. The molecule has 2 aliphatic rings. The van der Waals surface area contributed by atoms with Crippen LogP contribution in [0.15, 0.2) is 0 Å². The summed E-state index contributed by atoms with van der Waals surface area (Å²) in [6.45, 7) is 5.64. The van der Waals surface area contributed by atoms with Crippen LogP contribution in [0, 0.1) is 11.3 Å².